The minimum absolute atomic E-state index is 0.350. The van der Waals surface area contributed by atoms with Crippen LogP contribution in [0.1, 0.15) is 20.3 Å². The Bertz CT molecular complexity index is 1830. The Hall–Kier alpha value is -4.90. The number of rotatable bonds is 8. The van der Waals surface area contributed by atoms with Gasteiger partial charge in [0.2, 0.25) is 0 Å². The van der Waals surface area contributed by atoms with E-state index >= 15 is 0 Å². The number of pyridine rings is 3. The summed E-state index contributed by atoms with van der Waals surface area (Å²) in [5, 5.41) is 20.9. The van der Waals surface area contributed by atoms with Crippen LogP contribution in [0.25, 0.3) is 56.1 Å². The molecule has 0 aliphatic heterocycles. The van der Waals surface area contributed by atoms with Gasteiger partial charge in [0.15, 0.2) is 17.2 Å². The highest BCUT2D eigenvalue weighted by molar-refractivity contribution is 5.95. The number of halogens is 1. The van der Waals surface area contributed by atoms with Crippen LogP contribution < -0.4 is 10.1 Å². The van der Waals surface area contributed by atoms with Crippen molar-refractivity contribution in [2.24, 2.45) is 5.92 Å². The highest BCUT2D eigenvalue weighted by Crippen LogP contribution is 2.33. The minimum Gasteiger partial charge on any atom is -0.497 e. The third-order valence-electron chi connectivity index (χ3n) is 6.50. The number of ether oxygens (including phenoxy) is 1. The maximum absolute atomic E-state index is 14.3. The largest absolute Gasteiger partial charge is 0.497 e. The molecule has 1 aromatic carbocycles. The molecule has 0 aliphatic carbocycles. The van der Waals surface area contributed by atoms with E-state index in [2.05, 4.69) is 44.3 Å². The molecule has 5 heterocycles. The smallest absolute Gasteiger partial charge is 0.162 e. The van der Waals surface area contributed by atoms with Gasteiger partial charge < -0.3 is 20.1 Å². The topological polar surface area (TPSA) is 138 Å². The summed E-state index contributed by atoms with van der Waals surface area (Å²) in [7, 11) is 1.50. The molecule has 4 N–H and O–H groups in total. The van der Waals surface area contributed by atoms with E-state index in [1.807, 2.05) is 18.2 Å². The van der Waals surface area contributed by atoms with Crippen LogP contribution in [-0.2, 0) is 0 Å². The van der Waals surface area contributed by atoms with E-state index in [1.54, 1.807) is 30.7 Å². The summed E-state index contributed by atoms with van der Waals surface area (Å²) in [6.45, 7) is 4.11. The van der Waals surface area contributed by atoms with E-state index in [0.29, 0.717) is 68.8 Å². The van der Waals surface area contributed by atoms with Gasteiger partial charge in [-0.25, -0.2) is 19.3 Å². The van der Waals surface area contributed by atoms with Gasteiger partial charge in [-0.2, -0.15) is 5.10 Å². The average Bonchev–Trinajstić information content (AvgIpc) is 3.56. The van der Waals surface area contributed by atoms with Gasteiger partial charge in [-0.15, -0.1) is 0 Å². The molecule has 0 fully saturated rings. The first-order valence-electron chi connectivity index (χ1n) is 12.8. The molecule has 11 heteroatoms. The Kier molecular flexibility index (Phi) is 6.56. The lowest BCUT2D eigenvalue weighted by molar-refractivity contribution is 0.176. The van der Waals surface area contributed by atoms with Crippen LogP contribution in [0.3, 0.4) is 0 Å². The number of nitrogens with zero attached hydrogens (tertiary/aromatic N) is 5. The van der Waals surface area contributed by atoms with Crippen LogP contribution in [0, 0.1) is 11.7 Å². The highest BCUT2D eigenvalue weighted by Gasteiger charge is 2.18. The van der Waals surface area contributed by atoms with E-state index in [0.717, 1.165) is 11.1 Å². The molecule has 6 rings (SSSR count). The van der Waals surface area contributed by atoms with Gasteiger partial charge in [-0.3, -0.25) is 10.1 Å². The minimum atomic E-state index is -0.673. The molecule has 202 valence electrons. The molecule has 10 nitrogen and oxygen atoms in total. The van der Waals surface area contributed by atoms with Gasteiger partial charge in [0.05, 0.1) is 30.2 Å². The van der Waals surface area contributed by atoms with Crippen LogP contribution >= 0.6 is 0 Å². The number of anilines is 1. The summed E-state index contributed by atoms with van der Waals surface area (Å²) < 4.78 is 19.5. The molecule has 0 saturated heterocycles. The van der Waals surface area contributed by atoms with Crippen molar-refractivity contribution in [3.05, 3.63) is 66.9 Å². The standard InChI is InChI=1S/C29H27FN8O2/c1-15(2)8-24(39)33-19-10-17(13-31-14-19)22-4-5-23-26(34-22)27(38-37-23)29-35-25-21(6-7-32-28(25)36-29)16-9-18(30)12-20(11-16)40-3/h4-7,9-15,24,33,39H,8H2,1-3H3,(H,37,38)(H,32,35,36). The summed E-state index contributed by atoms with van der Waals surface area (Å²) in [5.41, 5.74) is 6.46. The first kappa shape index (κ1) is 25.4. The van der Waals surface area contributed by atoms with Crippen LogP contribution in [0.4, 0.5) is 10.1 Å². The molecule has 40 heavy (non-hydrogen) atoms. The molecular weight excluding hydrogens is 511 g/mol. The fraction of sp³-hybridized carbons (Fsp3) is 0.207. The van der Waals surface area contributed by atoms with Crippen LogP contribution in [0.15, 0.2) is 61.1 Å². The van der Waals surface area contributed by atoms with Gasteiger partial charge in [0.25, 0.3) is 0 Å². The zero-order chi connectivity index (χ0) is 27.8. The normalized spacial score (nSPS) is 12.3. The zero-order valence-corrected chi connectivity index (χ0v) is 22.1. The number of aliphatic hydroxyl groups is 1. The quantitative estimate of drug-likeness (QED) is 0.185. The number of aliphatic hydroxyl groups excluding tert-OH is 1. The fourth-order valence-corrected chi connectivity index (χ4v) is 4.67. The van der Waals surface area contributed by atoms with Gasteiger partial charge in [-0.05, 0) is 54.3 Å². The second kappa shape index (κ2) is 10.3. The van der Waals surface area contributed by atoms with Crippen molar-refractivity contribution in [1.82, 2.24) is 35.1 Å². The lowest BCUT2D eigenvalue weighted by atomic mass is 10.1. The number of H-pyrrole nitrogens is 2. The van der Waals surface area contributed by atoms with Crippen molar-refractivity contribution in [3.63, 3.8) is 0 Å². The van der Waals surface area contributed by atoms with E-state index in [4.69, 9.17) is 14.7 Å². The number of benzene rings is 1. The Labute approximate surface area is 228 Å². The Morgan fingerprint density at radius 2 is 1.90 bits per heavy atom. The average molecular weight is 539 g/mol. The monoisotopic (exact) mass is 538 g/mol. The second-order valence-electron chi connectivity index (χ2n) is 9.94. The fourth-order valence-electron chi connectivity index (χ4n) is 4.67. The molecular formula is C29H27FN8O2. The summed E-state index contributed by atoms with van der Waals surface area (Å²) in [6.07, 6.45) is 4.98. The zero-order valence-electron chi connectivity index (χ0n) is 22.1. The lowest BCUT2D eigenvalue weighted by Gasteiger charge is -2.16. The van der Waals surface area contributed by atoms with E-state index in [1.165, 1.54) is 19.2 Å². The van der Waals surface area contributed by atoms with Gasteiger partial charge in [-0.1, -0.05) is 13.8 Å². The number of fused-ring (bicyclic) bond motifs is 2. The second-order valence-corrected chi connectivity index (χ2v) is 9.94. The van der Waals surface area contributed by atoms with Crippen molar-refractivity contribution < 1.29 is 14.2 Å². The molecule has 1 atom stereocenters. The summed E-state index contributed by atoms with van der Waals surface area (Å²) in [5.74, 6) is 0.824. The van der Waals surface area contributed by atoms with Gasteiger partial charge in [0, 0.05) is 29.6 Å². The molecule has 0 radical (unpaired) electrons. The molecule has 6 aromatic rings. The van der Waals surface area contributed by atoms with Crippen LogP contribution in [-0.4, -0.2) is 53.6 Å². The van der Waals surface area contributed by atoms with Crippen molar-refractivity contribution >= 4 is 27.9 Å². The maximum Gasteiger partial charge on any atom is 0.162 e. The molecule has 0 spiro atoms. The molecule has 0 saturated carbocycles. The van der Waals surface area contributed by atoms with E-state index in [9.17, 15) is 9.50 Å². The molecule has 5 aromatic heterocycles. The van der Waals surface area contributed by atoms with Crippen LogP contribution in [0.5, 0.6) is 5.75 Å². The predicted molar refractivity (Wildman–Crippen MR) is 151 cm³/mol. The maximum atomic E-state index is 14.3. The third-order valence-corrected chi connectivity index (χ3v) is 6.50. The number of hydrogen-bond acceptors (Lipinski definition) is 8. The Balaban J connectivity index is 1.38. The lowest BCUT2D eigenvalue weighted by Crippen LogP contribution is -2.20. The van der Waals surface area contributed by atoms with E-state index < -0.39 is 12.0 Å². The molecule has 0 aliphatic rings. The molecule has 1 unspecified atom stereocenters. The number of imidazole rings is 1. The van der Waals surface area contributed by atoms with Crippen molar-refractivity contribution in [2.75, 3.05) is 12.4 Å². The van der Waals surface area contributed by atoms with E-state index in [-0.39, 0.29) is 0 Å². The number of aromatic amines is 2. The molecule has 0 bridgehead atoms. The Morgan fingerprint density at radius 3 is 2.73 bits per heavy atom. The highest BCUT2D eigenvalue weighted by atomic mass is 19.1. The number of hydrogen-bond donors (Lipinski definition) is 4. The van der Waals surface area contributed by atoms with Crippen molar-refractivity contribution in [1.29, 1.82) is 0 Å². The van der Waals surface area contributed by atoms with Crippen LogP contribution in [0.2, 0.25) is 0 Å². The van der Waals surface area contributed by atoms with Gasteiger partial charge >= 0.3 is 0 Å². The third kappa shape index (κ3) is 4.94. The summed E-state index contributed by atoms with van der Waals surface area (Å²) in [4.78, 5) is 21.6. The number of nitrogens with one attached hydrogen (secondary N) is 3. The Morgan fingerprint density at radius 1 is 1.02 bits per heavy atom. The first-order valence-corrected chi connectivity index (χ1v) is 12.8. The van der Waals surface area contributed by atoms with Crippen molar-refractivity contribution in [3.8, 4) is 39.7 Å². The first-order chi connectivity index (χ1) is 19.4. The number of aromatic nitrogens is 7. The SMILES string of the molecule is COc1cc(F)cc(-c2ccnc3[nH]c(-c4n[nH]c5ccc(-c6cncc(NC(O)CC(C)C)c6)nc45)nc23)c1. The van der Waals surface area contributed by atoms with Crippen molar-refractivity contribution in [2.45, 2.75) is 26.5 Å². The summed E-state index contributed by atoms with van der Waals surface area (Å²) >= 11 is 0. The predicted octanol–water partition coefficient (Wildman–Crippen LogP) is 5.55. The molecule has 0 amide bonds. The summed E-state index contributed by atoms with van der Waals surface area (Å²) in [6, 6.07) is 12.0. The van der Waals surface area contributed by atoms with Gasteiger partial charge in [0.1, 0.15) is 28.8 Å². The number of methoxy groups -OCH3 is 1.